The van der Waals surface area contributed by atoms with Gasteiger partial charge < -0.3 is 5.32 Å². The second-order valence-corrected chi connectivity index (χ2v) is 6.06. The molecule has 2 rings (SSSR count). The van der Waals surface area contributed by atoms with E-state index in [9.17, 15) is 0 Å². The third-order valence-electron chi connectivity index (χ3n) is 3.27. The van der Waals surface area contributed by atoms with Crippen molar-refractivity contribution in [1.82, 2.24) is 4.98 Å². The Labute approximate surface area is 111 Å². The van der Waals surface area contributed by atoms with Gasteiger partial charge in [0.05, 0.1) is 0 Å². The summed E-state index contributed by atoms with van der Waals surface area (Å²) in [4.78, 5) is 4.67. The first-order valence-electron chi connectivity index (χ1n) is 6.02. The summed E-state index contributed by atoms with van der Waals surface area (Å²) in [6, 6.07) is 2.54. The van der Waals surface area contributed by atoms with E-state index in [0.29, 0.717) is 16.1 Å². The van der Waals surface area contributed by atoms with Crippen LogP contribution >= 0.6 is 22.9 Å². The topological polar surface area (TPSA) is 48.7 Å². The molecule has 0 spiro atoms. The monoisotopic (exact) mass is 269 g/mol. The van der Waals surface area contributed by atoms with Crippen LogP contribution in [0, 0.1) is 17.2 Å². The Morgan fingerprint density at radius 1 is 1.41 bits per heavy atom. The van der Waals surface area contributed by atoms with Gasteiger partial charge in [-0.3, -0.25) is 0 Å². The van der Waals surface area contributed by atoms with Crippen LogP contribution in [0.2, 0.25) is 5.15 Å². The number of nitriles is 1. The van der Waals surface area contributed by atoms with Gasteiger partial charge in [0.25, 0.3) is 0 Å². The number of halogens is 1. The van der Waals surface area contributed by atoms with Crippen molar-refractivity contribution in [2.75, 3.05) is 5.32 Å². The molecule has 0 amide bonds. The lowest BCUT2D eigenvalue weighted by molar-refractivity contribution is 0.502. The first-order chi connectivity index (χ1) is 8.19. The van der Waals surface area contributed by atoms with Crippen LogP contribution in [0.5, 0.6) is 0 Å². The molecular weight excluding hydrogens is 254 g/mol. The average Bonchev–Trinajstić information content (AvgIpc) is 2.52. The first-order valence-corrected chi connectivity index (χ1v) is 7.21. The minimum absolute atomic E-state index is 0.321. The second kappa shape index (κ2) is 5.70. The van der Waals surface area contributed by atoms with Crippen LogP contribution in [0.1, 0.15) is 43.9 Å². The summed E-state index contributed by atoms with van der Waals surface area (Å²) < 4.78 is 0. The van der Waals surface area contributed by atoms with Crippen molar-refractivity contribution in [3.63, 3.8) is 0 Å². The van der Waals surface area contributed by atoms with E-state index in [1.165, 1.54) is 43.4 Å². The fraction of sp³-hybridized carbons (Fsp3) is 0.667. The summed E-state index contributed by atoms with van der Waals surface area (Å²) in [7, 11) is 0. The maximum Gasteiger partial charge on any atom is 0.185 e. The number of hydrogen-bond acceptors (Lipinski definition) is 4. The predicted molar refractivity (Wildman–Crippen MR) is 71.5 cm³/mol. The summed E-state index contributed by atoms with van der Waals surface area (Å²) in [6.07, 6.45) is 6.22. The van der Waals surface area contributed by atoms with Crippen molar-refractivity contribution in [1.29, 1.82) is 5.26 Å². The normalized spacial score (nSPS) is 25.0. The van der Waals surface area contributed by atoms with Gasteiger partial charge in [-0.05, 0) is 25.2 Å². The lowest BCUT2D eigenvalue weighted by atomic mass is 10.0. The molecule has 1 N–H and O–H groups in total. The Balaban J connectivity index is 1.98. The molecular formula is C12H16ClN3S. The Kier molecular flexibility index (Phi) is 4.25. The molecule has 0 aliphatic heterocycles. The largest absolute Gasteiger partial charge is 0.359 e. The first kappa shape index (κ1) is 12.7. The fourth-order valence-corrected chi connectivity index (χ4v) is 3.26. The molecule has 1 saturated carbocycles. The highest BCUT2D eigenvalue weighted by molar-refractivity contribution is 7.16. The van der Waals surface area contributed by atoms with Crippen LogP contribution in [-0.2, 0) is 0 Å². The predicted octanol–water partition coefficient (Wildman–Crippen LogP) is 4.05. The molecule has 0 bridgehead atoms. The molecule has 0 aromatic carbocycles. The van der Waals surface area contributed by atoms with Crippen LogP contribution in [0.3, 0.4) is 0 Å². The minimum Gasteiger partial charge on any atom is -0.359 e. The lowest BCUT2D eigenvalue weighted by Gasteiger charge is -2.15. The van der Waals surface area contributed by atoms with Crippen molar-refractivity contribution >= 4 is 28.1 Å². The maximum atomic E-state index is 8.83. The number of nitrogens with one attached hydrogen (secondary N) is 1. The maximum absolute atomic E-state index is 8.83. The van der Waals surface area contributed by atoms with Crippen molar-refractivity contribution in [3.8, 4) is 6.07 Å². The van der Waals surface area contributed by atoms with Gasteiger partial charge in [0.1, 0.15) is 10.9 Å². The Bertz CT molecular complexity index is 424. The third kappa shape index (κ3) is 3.34. The number of anilines is 1. The van der Waals surface area contributed by atoms with Gasteiger partial charge in [-0.15, -0.1) is 0 Å². The van der Waals surface area contributed by atoms with Crippen LogP contribution in [0.25, 0.3) is 0 Å². The van der Waals surface area contributed by atoms with E-state index in [4.69, 9.17) is 16.9 Å². The zero-order chi connectivity index (χ0) is 12.3. The highest BCUT2D eigenvalue weighted by Crippen LogP contribution is 2.29. The summed E-state index contributed by atoms with van der Waals surface area (Å²) in [5.41, 5.74) is 0. The number of hydrogen-bond donors (Lipinski definition) is 1. The van der Waals surface area contributed by atoms with Gasteiger partial charge >= 0.3 is 0 Å². The van der Waals surface area contributed by atoms with Gasteiger partial charge in [-0.25, -0.2) is 4.98 Å². The number of nitrogens with zero attached hydrogens (tertiary/aromatic N) is 2. The van der Waals surface area contributed by atoms with Gasteiger partial charge in [-0.2, -0.15) is 5.26 Å². The molecule has 1 fully saturated rings. The number of aromatic nitrogens is 1. The molecule has 3 nitrogen and oxygen atoms in total. The zero-order valence-corrected chi connectivity index (χ0v) is 11.4. The highest BCUT2D eigenvalue weighted by Gasteiger charge is 2.18. The van der Waals surface area contributed by atoms with Crippen molar-refractivity contribution in [3.05, 3.63) is 10.0 Å². The Hall–Kier alpha value is -0.790. The van der Waals surface area contributed by atoms with Gasteiger partial charge in [-0.1, -0.05) is 42.7 Å². The second-order valence-electron chi connectivity index (χ2n) is 4.71. The highest BCUT2D eigenvalue weighted by atomic mass is 35.5. The van der Waals surface area contributed by atoms with Gasteiger partial charge in [0, 0.05) is 6.04 Å². The summed E-state index contributed by atoms with van der Waals surface area (Å²) in [5, 5.41) is 13.3. The molecule has 1 aromatic rings. The molecule has 0 radical (unpaired) electrons. The molecule has 1 heterocycles. The number of thiazole rings is 1. The standard InChI is InChI=1S/C12H16ClN3S/c1-8-3-2-4-9(6-5-8)15-12-16-11(13)10(7-14)17-12/h8-9H,2-6H2,1H3,(H,15,16). The minimum atomic E-state index is 0.321. The van der Waals surface area contributed by atoms with E-state index in [2.05, 4.69) is 23.3 Å². The van der Waals surface area contributed by atoms with Crippen molar-refractivity contribution in [2.24, 2.45) is 5.92 Å². The fourth-order valence-electron chi connectivity index (χ4n) is 2.24. The molecule has 2 unspecified atom stereocenters. The van der Waals surface area contributed by atoms with Gasteiger partial charge in [0.2, 0.25) is 0 Å². The van der Waals surface area contributed by atoms with E-state index in [1.54, 1.807) is 0 Å². The SMILES string of the molecule is CC1CCCC(Nc2nc(Cl)c(C#N)s2)CC1. The number of rotatable bonds is 2. The molecule has 2 atom stereocenters. The van der Waals surface area contributed by atoms with Crippen molar-refractivity contribution in [2.45, 2.75) is 45.1 Å². The molecule has 92 valence electrons. The van der Waals surface area contributed by atoms with E-state index < -0.39 is 0 Å². The molecule has 1 aromatic heterocycles. The van der Waals surface area contributed by atoms with E-state index >= 15 is 0 Å². The Morgan fingerprint density at radius 3 is 2.94 bits per heavy atom. The van der Waals surface area contributed by atoms with E-state index in [1.807, 2.05) is 0 Å². The molecule has 1 aliphatic rings. The van der Waals surface area contributed by atoms with Gasteiger partial charge in [0.15, 0.2) is 10.3 Å². The summed E-state index contributed by atoms with van der Waals surface area (Å²) in [6.45, 7) is 2.32. The van der Waals surface area contributed by atoms with Crippen LogP contribution < -0.4 is 5.32 Å². The molecule has 17 heavy (non-hydrogen) atoms. The van der Waals surface area contributed by atoms with Crippen LogP contribution in [0.4, 0.5) is 5.13 Å². The van der Waals surface area contributed by atoms with Crippen LogP contribution in [-0.4, -0.2) is 11.0 Å². The molecule has 1 aliphatic carbocycles. The quantitative estimate of drug-likeness (QED) is 0.824. The van der Waals surface area contributed by atoms with E-state index in [0.717, 1.165) is 11.0 Å². The van der Waals surface area contributed by atoms with Crippen LogP contribution in [0.15, 0.2) is 0 Å². The third-order valence-corrected chi connectivity index (χ3v) is 4.55. The Morgan fingerprint density at radius 2 is 2.24 bits per heavy atom. The smallest absolute Gasteiger partial charge is 0.185 e. The molecule has 5 heteroatoms. The van der Waals surface area contributed by atoms with Crippen molar-refractivity contribution < 1.29 is 0 Å². The lowest BCUT2D eigenvalue weighted by Crippen LogP contribution is -2.18. The average molecular weight is 270 g/mol. The van der Waals surface area contributed by atoms with E-state index in [-0.39, 0.29) is 0 Å². The summed E-state index contributed by atoms with van der Waals surface area (Å²) in [5.74, 6) is 0.830. The zero-order valence-electron chi connectivity index (χ0n) is 9.87. The summed E-state index contributed by atoms with van der Waals surface area (Å²) >= 11 is 7.20. The molecule has 0 saturated heterocycles.